The molecule has 0 saturated heterocycles. The van der Waals surface area contributed by atoms with Crippen molar-refractivity contribution >= 4 is 6.98 Å². The van der Waals surface area contributed by atoms with Crippen LogP contribution in [0.15, 0.2) is 12.1 Å². The molecule has 2 atom stereocenters. The van der Waals surface area contributed by atoms with Gasteiger partial charge in [-0.2, -0.15) is 0 Å². The predicted molar refractivity (Wildman–Crippen MR) is 62.3 cm³/mol. The molecule has 0 bridgehead atoms. The molecule has 0 aromatic carbocycles. The maximum atomic E-state index is 12.4. The first-order chi connectivity index (χ1) is 7.30. The molecule has 0 heterocycles. The summed E-state index contributed by atoms with van der Waals surface area (Å²) in [6.07, 6.45) is 4.35. The zero-order valence-electron chi connectivity index (χ0n) is 11.1. The smallest absolute Gasteiger partial charge is 0.445 e. The molecule has 1 aliphatic carbocycles. The third-order valence-corrected chi connectivity index (χ3v) is 3.45. The van der Waals surface area contributed by atoms with Crippen molar-refractivity contribution in [1.29, 1.82) is 0 Å². The van der Waals surface area contributed by atoms with Crippen molar-refractivity contribution in [3.05, 3.63) is 12.1 Å². The number of likely N-dealkylation sites (N-methyl/N-ethyl adjacent to an activating group) is 1. The predicted octanol–water partition coefficient (Wildman–Crippen LogP) is 0.444. The molecule has 6 heteroatoms. The van der Waals surface area contributed by atoms with Crippen molar-refractivity contribution in [2.24, 2.45) is 5.92 Å². The number of hydrogen-bond donors (Lipinski definition) is 0. The molecular weight excluding hydrogens is 253 g/mol. The van der Waals surface area contributed by atoms with Gasteiger partial charge < -0.3 is 17.8 Å². The zero-order chi connectivity index (χ0) is 12.3. The second-order valence-corrected chi connectivity index (χ2v) is 5.07. The van der Waals surface area contributed by atoms with E-state index in [-0.39, 0.29) is 57.9 Å². The Kier molecular flexibility index (Phi) is 8.24. The van der Waals surface area contributed by atoms with E-state index in [9.17, 15) is 12.9 Å². The van der Waals surface area contributed by atoms with Gasteiger partial charge in [0.2, 0.25) is 0 Å². The van der Waals surface area contributed by atoms with Crippen LogP contribution in [0.1, 0.15) is 32.6 Å². The van der Waals surface area contributed by atoms with Crippen LogP contribution in [0.25, 0.3) is 0 Å². The van der Waals surface area contributed by atoms with Gasteiger partial charge in [0.15, 0.2) is 0 Å². The monoisotopic (exact) mass is 273 g/mol. The summed E-state index contributed by atoms with van der Waals surface area (Å²) >= 11 is 0. The average molecular weight is 273 g/mol. The van der Waals surface area contributed by atoms with Gasteiger partial charge in [0.05, 0.1) is 0 Å². The minimum Gasteiger partial charge on any atom is -0.445 e. The first-order valence-electron chi connectivity index (χ1n) is 5.88. The van der Waals surface area contributed by atoms with Crippen LogP contribution in [0.2, 0.25) is 0 Å². The Bertz CT molecular complexity index is 258. The minimum atomic E-state index is -4.88. The fraction of sp³-hybridized carbons (Fsp3) is 0.818. The van der Waals surface area contributed by atoms with Gasteiger partial charge in [-0.25, -0.2) is 0 Å². The van der Waals surface area contributed by atoms with Gasteiger partial charge in [-0.15, -0.1) is 12.1 Å². The van der Waals surface area contributed by atoms with E-state index in [0.717, 1.165) is 19.3 Å². The maximum absolute atomic E-state index is 12.4. The SMILES string of the molecule is C=C(CN(C)C1CCCC(C)C1)[B-](F)(F)F.[K+]. The molecule has 1 aliphatic rings. The largest absolute Gasteiger partial charge is 1.00 e. The van der Waals surface area contributed by atoms with Crippen molar-refractivity contribution in [3.63, 3.8) is 0 Å². The molecule has 0 aliphatic heterocycles. The van der Waals surface area contributed by atoms with E-state index < -0.39 is 12.4 Å². The second-order valence-electron chi connectivity index (χ2n) is 5.07. The summed E-state index contributed by atoms with van der Waals surface area (Å²) in [5.74, 6) is 0.630. The van der Waals surface area contributed by atoms with Crippen molar-refractivity contribution in [2.75, 3.05) is 13.6 Å². The quantitative estimate of drug-likeness (QED) is 0.672. The standard InChI is InChI=1S/C11H20BF3N.K/c1-9-5-4-6-11(7-9)16(3)8-10(2)12(13,14)15;/h9,11H,2,4-8H2,1,3H3;/q-1;+1. The van der Waals surface area contributed by atoms with E-state index in [2.05, 4.69) is 13.5 Å². The van der Waals surface area contributed by atoms with E-state index in [1.807, 2.05) is 4.90 Å². The van der Waals surface area contributed by atoms with Crippen molar-refractivity contribution < 1.29 is 64.3 Å². The van der Waals surface area contributed by atoms with E-state index >= 15 is 0 Å². The normalized spacial score (nSPS) is 25.5. The molecule has 1 fully saturated rings. The van der Waals surface area contributed by atoms with Gasteiger partial charge in [-0.05, 0) is 32.4 Å². The summed E-state index contributed by atoms with van der Waals surface area (Å²) in [7, 11) is 1.77. The van der Waals surface area contributed by atoms with Crippen molar-refractivity contribution in [1.82, 2.24) is 4.90 Å². The number of hydrogen-bond acceptors (Lipinski definition) is 1. The topological polar surface area (TPSA) is 3.24 Å². The molecular formula is C11H20BF3KN. The number of nitrogens with zero attached hydrogens (tertiary/aromatic N) is 1. The van der Waals surface area contributed by atoms with Gasteiger partial charge in [-0.3, -0.25) is 0 Å². The summed E-state index contributed by atoms with van der Waals surface area (Å²) < 4.78 is 37.2. The second kappa shape index (κ2) is 7.70. The molecule has 0 amide bonds. The van der Waals surface area contributed by atoms with Crippen LogP contribution in [0.5, 0.6) is 0 Å². The first-order valence-corrected chi connectivity index (χ1v) is 5.88. The van der Waals surface area contributed by atoms with Gasteiger partial charge in [-0.1, -0.05) is 19.8 Å². The molecule has 0 spiro atoms. The summed E-state index contributed by atoms with van der Waals surface area (Å²) in [5.41, 5.74) is -0.583. The average Bonchev–Trinajstić information content (AvgIpc) is 2.16. The minimum absolute atomic E-state index is 0. The Morgan fingerprint density at radius 3 is 2.41 bits per heavy atom. The van der Waals surface area contributed by atoms with Gasteiger partial charge in [0, 0.05) is 6.04 Å². The fourth-order valence-electron chi connectivity index (χ4n) is 2.36. The molecule has 1 rings (SSSR count). The third kappa shape index (κ3) is 6.25. The van der Waals surface area contributed by atoms with Crippen LogP contribution in [0.3, 0.4) is 0 Å². The van der Waals surface area contributed by atoms with E-state index in [4.69, 9.17) is 0 Å². The van der Waals surface area contributed by atoms with E-state index in [1.54, 1.807) is 7.05 Å². The summed E-state index contributed by atoms with van der Waals surface area (Å²) in [5, 5.41) is 0. The Morgan fingerprint density at radius 1 is 1.35 bits per heavy atom. The molecule has 2 unspecified atom stereocenters. The molecule has 0 aromatic rings. The van der Waals surface area contributed by atoms with Crippen LogP contribution in [-0.4, -0.2) is 31.5 Å². The van der Waals surface area contributed by atoms with Crippen LogP contribution in [-0.2, 0) is 0 Å². The van der Waals surface area contributed by atoms with Crippen LogP contribution in [0, 0.1) is 5.92 Å². The molecule has 94 valence electrons. The Morgan fingerprint density at radius 2 is 1.94 bits per heavy atom. The fourth-order valence-corrected chi connectivity index (χ4v) is 2.36. The van der Waals surface area contributed by atoms with Crippen molar-refractivity contribution in [3.8, 4) is 0 Å². The Labute approximate surface area is 145 Å². The summed E-state index contributed by atoms with van der Waals surface area (Å²) in [6, 6.07) is 0.290. The Hall–Kier alpha value is 1.19. The molecule has 0 N–H and O–H groups in total. The summed E-state index contributed by atoms with van der Waals surface area (Å²) in [6.45, 7) is 0.391. The number of rotatable bonds is 4. The molecule has 0 radical (unpaired) electrons. The summed E-state index contributed by atoms with van der Waals surface area (Å²) in [4.78, 5) is 1.81. The van der Waals surface area contributed by atoms with E-state index in [0.29, 0.717) is 12.0 Å². The van der Waals surface area contributed by atoms with Gasteiger partial charge in [0.1, 0.15) is 0 Å². The van der Waals surface area contributed by atoms with Crippen molar-refractivity contribution in [2.45, 2.75) is 38.6 Å². The number of halogens is 3. The molecule has 17 heavy (non-hydrogen) atoms. The van der Waals surface area contributed by atoms with Crippen LogP contribution >= 0.6 is 0 Å². The maximum Gasteiger partial charge on any atom is 1.00 e. The molecule has 1 saturated carbocycles. The molecule has 1 nitrogen and oxygen atoms in total. The van der Waals surface area contributed by atoms with Gasteiger partial charge in [0.25, 0.3) is 0 Å². The van der Waals surface area contributed by atoms with Gasteiger partial charge >= 0.3 is 58.4 Å². The molecule has 0 aromatic heterocycles. The Balaban J connectivity index is 0.00000256. The third-order valence-electron chi connectivity index (χ3n) is 3.45. The van der Waals surface area contributed by atoms with Crippen LogP contribution < -0.4 is 51.4 Å². The zero-order valence-corrected chi connectivity index (χ0v) is 14.2. The first kappa shape index (κ1) is 18.2. The van der Waals surface area contributed by atoms with Crippen LogP contribution in [0.4, 0.5) is 12.9 Å². The van der Waals surface area contributed by atoms with E-state index in [1.165, 1.54) is 6.42 Å².